The molecule has 2 aromatic rings. The summed E-state index contributed by atoms with van der Waals surface area (Å²) in [6.07, 6.45) is 0. The van der Waals surface area contributed by atoms with Gasteiger partial charge in [0, 0.05) is 11.3 Å². The van der Waals surface area contributed by atoms with Gasteiger partial charge >= 0.3 is 0 Å². The number of hydrogen-bond donors (Lipinski definition) is 4. The van der Waals surface area contributed by atoms with E-state index in [1.165, 1.54) is 16.0 Å². The molecule has 3 rings (SSSR count). The van der Waals surface area contributed by atoms with Crippen molar-refractivity contribution in [3.63, 3.8) is 0 Å². The van der Waals surface area contributed by atoms with Crippen LogP contribution in [0.4, 0.5) is 5.69 Å². The van der Waals surface area contributed by atoms with E-state index in [9.17, 15) is 9.59 Å². The van der Waals surface area contributed by atoms with Gasteiger partial charge in [-0.05, 0) is 37.5 Å². The van der Waals surface area contributed by atoms with Gasteiger partial charge in [-0.2, -0.15) is 0 Å². The third kappa shape index (κ3) is 6.15. The van der Waals surface area contributed by atoms with E-state index in [2.05, 4.69) is 41.8 Å². The molecule has 1 aliphatic rings. The third-order valence-corrected chi connectivity index (χ3v) is 5.97. The summed E-state index contributed by atoms with van der Waals surface area (Å²) in [5.41, 5.74) is 5.62. The topological polar surface area (TPSA) is 67.1 Å². The van der Waals surface area contributed by atoms with Gasteiger partial charge < -0.3 is 20.4 Å². The Kier molecular flexibility index (Phi) is 7.60. The lowest BCUT2D eigenvalue weighted by atomic mass is 10.1. The normalized spacial score (nSPS) is 18.6. The van der Waals surface area contributed by atoms with Crippen LogP contribution in [0.2, 0.25) is 0 Å². The van der Waals surface area contributed by atoms with Gasteiger partial charge in [0.1, 0.15) is 32.7 Å². The van der Waals surface area contributed by atoms with E-state index in [-0.39, 0.29) is 18.4 Å². The molecule has 160 valence electrons. The van der Waals surface area contributed by atoms with E-state index >= 15 is 0 Å². The largest absolute Gasteiger partial charge is 0.342 e. The standard InChI is InChI=1S/C24H32N4O2/c1-18-7-4-5-10-21(18)16-27-11-13-28(14-12-27)17-23(30)25-15-22(29)26-24-19(2)8-6-9-20(24)3/h4-10H,11-17H2,1-3H3,(H,25,30)(H,26,29)/p+2. The van der Waals surface area contributed by atoms with Crippen molar-refractivity contribution in [1.29, 1.82) is 0 Å². The Morgan fingerprint density at radius 2 is 1.40 bits per heavy atom. The number of para-hydroxylation sites is 1. The highest BCUT2D eigenvalue weighted by molar-refractivity contribution is 5.95. The van der Waals surface area contributed by atoms with Crippen molar-refractivity contribution in [1.82, 2.24) is 5.32 Å². The maximum Gasteiger partial charge on any atom is 0.275 e. The number of carbonyl (C=O) groups is 2. The highest BCUT2D eigenvalue weighted by Crippen LogP contribution is 2.18. The third-order valence-electron chi connectivity index (χ3n) is 5.97. The van der Waals surface area contributed by atoms with Crippen LogP contribution in [0.25, 0.3) is 0 Å². The number of nitrogens with one attached hydrogen (secondary N) is 4. The first-order chi connectivity index (χ1) is 14.4. The number of rotatable bonds is 7. The van der Waals surface area contributed by atoms with Crippen LogP contribution in [0.3, 0.4) is 0 Å². The number of carbonyl (C=O) groups excluding carboxylic acids is 2. The summed E-state index contributed by atoms with van der Waals surface area (Å²) >= 11 is 0. The molecule has 1 heterocycles. The molecule has 6 nitrogen and oxygen atoms in total. The van der Waals surface area contributed by atoms with E-state index in [4.69, 9.17) is 0 Å². The Labute approximate surface area is 179 Å². The Morgan fingerprint density at radius 3 is 2.07 bits per heavy atom. The van der Waals surface area contributed by atoms with E-state index in [0.717, 1.165) is 49.5 Å². The molecular weight excluding hydrogens is 376 g/mol. The number of benzene rings is 2. The highest BCUT2D eigenvalue weighted by atomic mass is 16.2. The van der Waals surface area contributed by atoms with Crippen LogP contribution in [-0.2, 0) is 16.1 Å². The second-order valence-corrected chi connectivity index (χ2v) is 8.37. The summed E-state index contributed by atoms with van der Waals surface area (Å²) in [6, 6.07) is 14.4. The molecule has 1 saturated heterocycles. The molecule has 0 unspecified atom stereocenters. The van der Waals surface area contributed by atoms with Crippen LogP contribution < -0.4 is 20.4 Å². The van der Waals surface area contributed by atoms with E-state index < -0.39 is 0 Å². The van der Waals surface area contributed by atoms with Crippen molar-refractivity contribution >= 4 is 17.5 Å². The smallest absolute Gasteiger partial charge is 0.275 e. The van der Waals surface area contributed by atoms with Gasteiger partial charge in [-0.1, -0.05) is 42.5 Å². The average Bonchev–Trinajstić information content (AvgIpc) is 2.72. The first-order valence-corrected chi connectivity index (χ1v) is 10.8. The van der Waals surface area contributed by atoms with Crippen LogP contribution >= 0.6 is 0 Å². The fourth-order valence-electron chi connectivity index (χ4n) is 4.05. The number of piperazine rings is 1. The molecule has 1 fully saturated rings. The van der Waals surface area contributed by atoms with Crippen LogP contribution in [0.15, 0.2) is 42.5 Å². The molecule has 0 aromatic heterocycles. The van der Waals surface area contributed by atoms with Crippen molar-refractivity contribution in [2.75, 3.05) is 44.6 Å². The van der Waals surface area contributed by atoms with Crippen LogP contribution in [0.1, 0.15) is 22.3 Å². The van der Waals surface area contributed by atoms with Gasteiger partial charge in [0.15, 0.2) is 6.54 Å². The number of aryl methyl sites for hydroxylation is 3. The van der Waals surface area contributed by atoms with Crippen LogP contribution in [0.5, 0.6) is 0 Å². The van der Waals surface area contributed by atoms with E-state index in [1.54, 1.807) is 4.90 Å². The van der Waals surface area contributed by atoms with Crippen LogP contribution in [-0.4, -0.2) is 51.1 Å². The molecule has 0 aliphatic carbocycles. The first-order valence-electron chi connectivity index (χ1n) is 10.8. The zero-order valence-electron chi connectivity index (χ0n) is 18.3. The Bertz CT molecular complexity index is 868. The first kappa shape index (κ1) is 22.0. The minimum Gasteiger partial charge on any atom is -0.342 e. The molecule has 0 atom stereocenters. The molecule has 2 amide bonds. The summed E-state index contributed by atoms with van der Waals surface area (Å²) in [5.74, 6) is -0.257. The minimum absolute atomic E-state index is 0.00451. The van der Waals surface area contributed by atoms with Gasteiger partial charge in [-0.25, -0.2) is 0 Å². The van der Waals surface area contributed by atoms with Crippen LogP contribution in [0, 0.1) is 20.8 Å². The number of quaternary nitrogens is 2. The molecular formula is C24H34N4O2+2. The van der Waals surface area contributed by atoms with Gasteiger partial charge in [0.05, 0.1) is 6.54 Å². The second kappa shape index (κ2) is 10.4. The van der Waals surface area contributed by atoms with Gasteiger partial charge in [-0.15, -0.1) is 0 Å². The fourth-order valence-corrected chi connectivity index (χ4v) is 4.05. The molecule has 4 N–H and O–H groups in total. The molecule has 6 heteroatoms. The summed E-state index contributed by atoms with van der Waals surface area (Å²) < 4.78 is 0. The molecule has 2 aromatic carbocycles. The zero-order valence-corrected chi connectivity index (χ0v) is 18.3. The highest BCUT2D eigenvalue weighted by Gasteiger charge is 2.25. The van der Waals surface area contributed by atoms with Crippen molar-refractivity contribution in [2.24, 2.45) is 0 Å². The lowest BCUT2D eigenvalue weighted by molar-refractivity contribution is -1.02. The number of anilines is 1. The quantitative estimate of drug-likeness (QED) is 0.504. The van der Waals surface area contributed by atoms with E-state index in [0.29, 0.717) is 6.54 Å². The molecule has 30 heavy (non-hydrogen) atoms. The predicted molar refractivity (Wildman–Crippen MR) is 119 cm³/mol. The molecule has 1 aliphatic heterocycles. The van der Waals surface area contributed by atoms with E-state index in [1.807, 2.05) is 32.0 Å². The summed E-state index contributed by atoms with van der Waals surface area (Å²) in [7, 11) is 0. The summed E-state index contributed by atoms with van der Waals surface area (Å²) in [4.78, 5) is 27.4. The number of amides is 2. The van der Waals surface area contributed by atoms with Gasteiger partial charge in [0.25, 0.3) is 5.91 Å². The monoisotopic (exact) mass is 410 g/mol. The van der Waals surface area contributed by atoms with Gasteiger partial charge in [0.2, 0.25) is 5.91 Å². The SMILES string of the molecule is Cc1ccccc1C[NH+]1CC[NH+](CC(=O)NCC(=O)Nc2c(C)cccc2C)CC1. The maximum absolute atomic E-state index is 12.3. The maximum atomic E-state index is 12.3. The average molecular weight is 411 g/mol. The molecule has 0 spiro atoms. The molecule has 0 saturated carbocycles. The van der Waals surface area contributed by atoms with Crippen molar-refractivity contribution in [2.45, 2.75) is 27.3 Å². The Balaban J connectivity index is 1.38. The minimum atomic E-state index is -0.191. The van der Waals surface area contributed by atoms with Crippen molar-refractivity contribution in [3.05, 3.63) is 64.7 Å². The Morgan fingerprint density at radius 1 is 0.800 bits per heavy atom. The van der Waals surface area contributed by atoms with Crippen molar-refractivity contribution in [3.8, 4) is 0 Å². The predicted octanol–water partition coefficient (Wildman–Crippen LogP) is -0.350. The lowest BCUT2D eigenvalue weighted by Gasteiger charge is -2.29. The van der Waals surface area contributed by atoms with Crippen molar-refractivity contribution < 1.29 is 19.4 Å². The second-order valence-electron chi connectivity index (χ2n) is 8.37. The zero-order chi connectivity index (χ0) is 21.5. The molecule has 0 radical (unpaired) electrons. The fraction of sp³-hybridized carbons (Fsp3) is 0.417. The van der Waals surface area contributed by atoms with Gasteiger partial charge in [-0.3, -0.25) is 9.59 Å². The Hall–Kier alpha value is -2.70. The molecule has 0 bridgehead atoms. The summed E-state index contributed by atoms with van der Waals surface area (Å²) in [5, 5.41) is 5.68. The lowest BCUT2D eigenvalue weighted by Crippen LogP contribution is -3.28. The number of hydrogen-bond acceptors (Lipinski definition) is 2. The summed E-state index contributed by atoms with van der Waals surface area (Å²) in [6.45, 7) is 11.6.